The Morgan fingerprint density at radius 1 is 1.26 bits per heavy atom. The molecule has 0 radical (unpaired) electrons. The maximum absolute atomic E-state index is 12.7. The summed E-state index contributed by atoms with van der Waals surface area (Å²) in [4.78, 5) is 26.4. The summed E-state index contributed by atoms with van der Waals surface area (Å²) in [5, 5.41) is 13.7. The average molecular weight is 404 g/mol. The van der Waals surface area contributed by atoms with Crippen LogP contribution in [0.15, 0.2) is 41.6 Å². The second-order valence-corrected chi connectivity index (χ2v) is 5.22. The highest BCUT2D eigenvalue weighted by Gasteiger charge is 2.31. The van der Waals surface area contributed by atoms with Crippen molar-refractivity contribution >= 4 is 29.6 Å². The molecule has 27 heavy (non-hydrogen) atoms. The van der Waals surface area contributed by atoms with Crippen LogP contribution in [0.1, 0.15) is 15.9 Å². The molecule has 0 heterocycles. The van der Waals surface area contributed by atoms with Crippen LogP contribution in [0, 0.1) is 10.1 Å². The van der Waals surface area contributed by atoms with Crippen molar-refractivity contribution in [2.45, 2.75) is 6.18 Å². The molecule has 0 saturated carbocycles. The van der Waals surface area contributed by atoms with Gasteiger partial charge in [0, 0.05) is 12.1 Å². The molecule has 0 aliphatic carbocycles. The third-order valence-electron chi connectivity index (χ3n) is 3.07. The molecule has 0 amide bonds. The fourth-order valence-corrected chi connectivity index (χ4v) is 2.13. The van der Waals surface area contributed by atoms with E-state index in [0.717, 1.165) is 30.3 Å². The van der Waals surface area contributed by atoms with Crippen molar-refractivity contribution in [1.82, 2.24) is 0 Å². The molecule has 0 atom stereocenters. The van der Waals surface area contributed by atoms with Crippen LogP contribution in [0.5, 0.6) is 11.5 Å². The van der Waals surface area contributed by atoms with Crippen LogP contribution in [0.25, 0.3) is 0 Å². The van der Waals surface area contributed by atoms with Gasteiger partial charge in [-0.3, -0.25) is 10.1 Å². The van der Waals surface area contributed by atoms with Gasteiger partial charge in [-0.05, 0) is 24.3 Å². The first-order valence-corrected chi connectivity index (χ1v) is 7.29. The van der Waals surface area contributed by atoms with Crippen LogP contribution in [0.3, 0.4) is 0 Å². The lowest BCUT2D eigenvalue weighted by Gasteiger charge is -2.11. The number of benzene rings is 2. The number of rotatable bonds is 5. The summed E-state index contributed by atoms with van der Waals surface area (Å²) in [7, 11) is 0. The Kier molecular flexibility index (Phi) is 5.85. The fourth-order valence-electron chi connectivity index (χ4n) is 1.92. The normalized spacial score (nSPS) is 11.4. The van der Waals surface area contributed by atoms with E-state index in [-0.39, 0.29) is 16.5 Å². The number of oxime groups is 1. The monoisotopic (exact) mass is 403 g/mol. The maximum atomic E-state index is 12.7. The molecule has 8 nitrogen and oxygen atoms in total. The molecule has 2 N–H and O–H groups in total. The van der Waals surface area contributed by atoms with E-state index < -0.39 is 33.9 Å². The van der Waals surface area contributed by atoms with Gasteiger partial charge in [-0.25, -0.2) is 4.79 Å². The number of nitrogens with two attached hydrogens (primary N) is 1. The van der Waals surface area contributed by atoms with Gasteiger partial charge in [-0.1, -0.05) is 16.8 Å². The highest BCUT2D eigenvalue weighted by atomic mass is 35.5. The van der Waals surface area contributed by atoms with E-state index in [9.17, 15) is 28.1 Å². The van der Waals surface area contributed by atoms with Crippen molar-refractivity contribution in [2.24, 2.45) is 10.9 Å². The van der Waals surface area contributed by atoms with E-state index >= 15 is 0 Å². The maximum Gasteiger partial charge on any atom is 0.416 e. The van der Waals surface area contributed by atoms with Gasteiger partial charge in [0.25, 0.3) is 5.69 Å². The van der Waals surface area contributed by atoms with Gasteiger partial charge in [0.1, 0.15) is 23.4 Å². The Hall–Kier alpha value is -3.34. The molecule has 2 aromatic carbocycles. The van der Waals surface area contributed by atoms with Crippen LogP contribution in [-0.4, -0.2) is 17.2 Å². The minimum Gasteiger partial charge on any atom is -0.456 e. The zero-order valence-corrected chi connectivity index (χ0v) is 13.8. The van der Waals surface area contributed by atoms with Crippen molar-refractivity contribution < 1.29 is 32.5 Å². The molecule has 2 aromatic rings. The van der Waals surface area contributed by atoms with Crippen LogP contribution in [0.4, 0.5) is 18.9 Å². The van der Waals surface area contributed by atoms with E-state index in [0.29, 0.717) is 12.4 Å². The van der Waals surface area contributed by atoms with Gasteiger partial charge in [0.05, 0.1) is 15.5 Å². The molecular weight excluding hydrogens is 395 g/mol. The van der Waals surface area contributed by atoms with Gasteiger partial charge in [-0.2, -0.15) is 13.2 Å². The lowest BCUT2D eigenvalue weighted by Crippen LogP contribution is -2.07. The van der Waals surface area contributed by atoms with Crippen molar-refractivity contribution in [1.29, 1.82) is 0 Å². The molecule has 0 fully saturated rings. The van der Waals surface area contributed by atoms with Crippen LogP contribution in [-0.2, 0) is 11.0 Å². The molecule has 0 aliphatic heterocycles. The summed E-state index contributed by atoms with van der Waals surface area (Å²) < 4.78 is 43.3. The number of hydrogen-bond acceptors (Lipinski definition) is 6. The molecule has 0 spiro atoms. The predicted molar refractivity (Wildman–Crippen MR) is 87.7 cm³/mol. The van der Waals surface area contributed by atoms with Crippen molar-refractivity contribution in [3.63, 3.8) is 0 Å². The smallest absolute Gasteiger partial charge is 0.416 e. The number of halogens is 4. The van der Waals surface area contributed by atoms with Crippen molar-refractivity contribution in [3.8, 4) is 11.5 Å². The minimum atomic E-state index is -4.59. The molecule has 0 aromatic heterocycles. The predicted octanol–water partition coefficient (Wildman–Crippen LogP) is 4.12. The van der Waals surface area contributed by atoms with Crippen molar-refractivity contribution in [2.75, 3.05) is 0 Å². The molecule has 0 bridgehead atoms. The first kappa shape index (κ1) is 20.0. The zero-order chi connectivity index (χ0) is 20.2. The highest BCUT2D eigenvalue weighted by molar-refractivity contribution is 6.32. The molecule has 2 rings (SSSR count). The highest BCUT2D eigenvalue weighted by Crippen LogP contribution is 2.37. The number of nitro benzene ring substituents is 1. The molecule has 12 heteroatoms. The Labute approximate surface area is 154 Å². The van der Waals surface area contributed by atoms with Gasteiger partial charge < -0.3 is 15.3 Å². The number of carbonyl (C=O) groups is 1. The van der Waals surface area contributed by atoms with Crippen molar-refractivity contribution in [3.05, 3.63) is 62.7 Å². The number of nitrogens with zero attached hydrogens (tertiary/aromatic N) is 2. The van der Waals surface area contributed by atoms with E-state index in [1.165, 1.54) is 0 Å². The van der Waals surface area contributed by atoms with Crippen LogP contribution in [0.2, 0.25) is 5.02 Å². The molecular formula is C15H9ClF3N3O5. The van der Waals surface area contributed by atoms with E-state index in [4.69, 9.17) is 22.1 Å². The van der Waals surface area contributed by atoms with Gasteiger partial charge in [0.15, 0.2) is 0 Å². The topological polar surface area (TPSA) is 117 Å². The lowest BCUT2D eigenvalue weighted by molar-refractivity contribution is -0.385. The summed E-state index contributed by atoms with van der Waals surface area (Å²) in [6.07, 6.45) is -3.93. The third kappa shape index (κ3) is 4.85. The summed E-state index contributed by atoms with van der Waals surface area (Å²) in [5.41, 5.74) is 2.84. The summed E-state index contributed by atoms with van der Waals surface area (Å²) in [5.74, 6) is -1.45. The van der Waals surface area contributed by atoms with Crippen LogP contribution >= 0.6 is 11.6 Å². The van der Waals surface area contributed by atoms with Crippen LogP contribution < -0.4 is 10.5 Å². The first-order valence-electron chi connectivity index (χ1n) is 6.91. The quantitative estimate of drug-likeness (QED) is 0.264. The standard InChI is InChI=1S/C15H9ClF3N3O5/c16-11-5-8(15(17,18)19)1-4-13(11)26-9-2-3-12(22(24)25)10(6-9)14(23)27-21-7-20/h1-7H,(H2,20,21). The number of alkyl halides is 3. The lowest BCUT2D eigenvalue weighted by atomic mass is 10.1. The molecule has 0 saturated heterocycles. The summed E-state index contributed by atoms with van der Waals surface area (Å²) >= 11 is 5.78. The SMILES string of the molecule is NC=NOC(=O)c1cc(Oc2ccc(C(F)(F)F)cc2Cl)ccc1[N+](=O)[O-]. The molecule has 0 unspecified atom stereocenters. The Balaban J connectivity index is 2.37. The zero-order valence-electron chi connectivity index (χ0n) is 13.1. The Morgan fingerprint density at radius 3 is 2.52 bits per heavy atom. The van der Waals surface area contributed by atoms with Gasteiger partial charge in [-0.15, -0.1) is 0 Å². The Bertz CT molecular complexity index is 918. The first-order chi connectivity index (χ1) is 12.6. The van der Waals surface area contributed by atoms with E-state index in [1.54, 1.807) is 0 Å². The fraction of sp³-hybridized carbons (Fsp3) is 0.0667. The molecule has 0 aliphatic rings. The number of nitro groups is 1. The second-order valence-electron chi connectivity index (χ2n) is 4.81. The second kappa shape index (κ2) is 7.91. The third-order valence-corrected chi connectivity index (χ3v) is 3.36. The summed E-state index contributed by atoms with van der Waals surface area (Å²) in [6.45, 7) is 0. The largest absolute Gasteiger partial charge is 0.456 e. The van der Waals surface area contributed by atoms with E-state index in [2.05, 4.69) is 9.99 Å². The number of ether oxygens (including phenoxy) is 1. The summed E-state index contributed by atoms with van der Waals surface area (Å²) in [6, 6.07) is 5.43. The van der Waals surface area contributed by atoms with Gasteiger partial charge >= 0.3 is 12.1 Å². The van der Waals surface area contributed by atoms with E-state index in [1.807, 2.05) is 0 Å². The number of hydrogen-bond donors (Lipinski definition) is 1. The average Bonchev–Trinajstić information content (AvgIpc) is 2.60. The minimum absolute atomic E-state index is 0.106. The number of carbonyl (C=O) groups excluding carboxylic acids is 1. The Morgan fingerprint density at radius 2 is 1.96 bits per heavy atom. The molecule has 142 valence electrons. The van der Waals surface area contributed by atoms with Gasteiger partial charge in [0.2, 0.25) is 0 Å².